The van der Waals surface area contributed by atoms with Crippen LogP contribution >= 0.6 is 34.5 Å². The second-order valence-corrected chi connectivity index (χ2v) is 7.14. The predicted octanol–water partition coefficient (Wildman–Crippen LogP) is 5.51. The first-order valence-corrected chi connectivity index (χ1v) is 8.56. The lowest BCUT2D eigenvalue weighted by atomic mass is 9.83. The van der Waals surface area contributed by atoms with E-state index in [4.69, 9.17) is 23.2 Å². The summed E-state index contributed by atoms with van der Waals surface area (Å²) in [6.45, 7) is 0. The summed E-state index contributed by atoms with van der Waals surface area (Å²) in [5, 5.41) is 6.06. The zero-order chi connectivity index (χ0) is 14.9. The summed E-state index contributed by atoms with van der Waals surface area (Å²) in [5.41, 5.74) is 0.164. The molecule has 0 unspecified atom stereocenters. The van der Waals surface area contributed by atoms with Crippen molar-refractivity contribution < 1.29 is 4.79 Å². The molecule has 0 atom stereocenters. The van der Waals surface area contributed by atoms with Gasteiger partial charge in [-0.1, -0.05) is 42.1 Å². The summed E-state index contributed by atoms with van der Waals surface area (Å²) >= 11 is 13.8. The molecule has 1 N–H and O–H groups in total. The van der Waals surface area contributed by atoms with E-state index in [-0.39, 0.29) is 5.91 Å². The van der Waals surface area contributed by atoms with E-state index in [1.165, 1.54) is 0 Å². The van der Waals surface area contributed by atoms with Crippen molar-refractivity contribution in [2.75, 3.05) is 5.32 Å². The maximum absolute atomic E-state index is 12.9. The second-order valence-electron chi connectivity index (χ2n) is 5.34. The number of carbonyl (C=O) groups excluding carboxylic acids is 1. The normalized spacial score (nSPS) is 16.9. The molecule has 3 rings (SSSR count). The van der Waals surface area contributed by atoms with Gasteiger partial charge >= 0.3 is 0 Å². The predicted molar refractivity (Wildman–Crippen MR) is 89.6 cm³/mol. The van der Waals surface area contributed by atoms with Crippen molar-refractivity contribution in [1.29, 1.82) is 0 Å². The van der Waals surface area contributed by atoms with Crippen LogP contribution < -0.4 is 5.32 Å². The van der Waals surface area contributed by atoms with Crippen LogP contribution in [0.4, 0.5) is 5.69 Å². The fourth-order valence-electron chi connectivity index (χ4n) is 2.95. The number of nitrogens with one attached hydrogen (secondary N) is 1. The minimum absolute atomic E-state index is 0.0200. The van der Waals surface area contributed by atoms with Crippen LogP contribution in [0.2, 0.25) is 10.0 Å². The topological polar surface area (TPSA) is 29.1 Å². The zero-order valence-electron chi connectivity index (χ0n) is 11.4. The van der Waals surface area contributed by atoms with E-state index < -0.39 is 5.41 Å². The zero-order valence-corrected chi connectivity index (χ0v) is 13.7. The van der Waals surface area contributed by atoms with E-state index >= 15 is 0 Å². The minimum atomic E-state index is -0.417. The molecular formula is C16H15Cl2NOS. The smallest absolute Gasteiger partial charge is 0.235 e. The Kier molecular flexibility index (Phi) is 4.25. The van der Waals surface area contributed by atoms with E-state index in [1.54, 1.807) is 29.5 Å². The monoisotopic (exact) mass is 339 g/mol. The van der Waals surface area contributed by atoms with Crippen LogP contribution in [0.25, 0.3) is 0 Å². The molecule has 1 amide bonds. The number of thiophene rings is 1. The summed E-state index contributed by atoms with van der Waals surface area (Å²) in [7, 11) is 0. The van der Waals surface area contributed by atoms with Crippen LogP contribution in [-0.2, 0) is 10.2 Å². The number of halogens is 2. The van der Waals surface area contributed by atoms with Gasteiger partial charge in [0.1, 0.15) is 0 Å². The van der Waals surface area contributed by atoms with Crippen molar-refractivity contribution in [1.82, 2.24) is 0 Å². The Morgan fingerprint density at radius 1 is 1.19 bits per heavy atom. The van der Waals surface area contributed by atoms with Crippen LogP contribution in [0.3, 0.4) is 0 Å². The highest BCUT2D eigenvalue weighted by Crippen LogP contribution is 2.44. The third-order valence-electron chi connectivity index (χ3n) is 4.06. The summed E-state index contributed by atoms with van der Waals surface area (Å²) in [6.07, 6.45) is 3.93. The molecule has 1 saturated carbocycles. The van der Waals surface area contributed by atoms with Crippen LogP contribution in [0, 0.1) is 0 Å². The fourth-order valence-corrected chi connectivity index (χ4v) is 4.27. The maximum Gasteiger partial charge on any atom is 0.235 e. The fraction of sp³-hybridized carbons (Fsp3) is 0.312. The van der Waals surface area contributed by atoms with Gasteiger partial charge in [-0.25, -0.2) is 0 Å². The van der Waals surface area contributed by atoms with Crippen molar-refractivity contribution in [2.24, 2.45) is 0 Å². The molecule has 0 radical (unpaired) electrons. The van der Waals surface area contributed by atoms with Crippen molar-refractivity contribution >= 4 is 46.1 Å². The molecule has 1 aliphatic carbocycles. The largest absolute Gasteiger partial charge is 0.324 e. The summed E-state index contributed by atoms with van der Waals surface area (Å²) in [5.74, 6) is 0.0200. The second kappa shape index (κ2) is 5.99. The van der Waals surface area contributed by atoms with Gasteiger partial charge in [-0.2, -0.15) is 0 Å². The lowest BCUT2D eigenvalue weighted by Crippen LogP contribution is -2.37. The first-order chi connectivity index (χ1) is 10.1. The number of amides is 1. The number of anilines is 1. The van der Waals surface area contributed by atoms with E-state index in [1.807, 2.05) is 11.4 Å². The van der Waals surface area contributed by atoms with Crippen molar-refractivity contribution in [3.05, 3.63) is 50.6 Å². The Morgan fingerprint density at radius 2 is 1.95 bits per heavy atom. The highest BCUT2D eigenvalue weighted by Gasteiger charge is 2.43. The summed E-state index contributed by atoms with van der Waals surface area (Å²) in [4.78, 5) is 14.0. The Morgan fingerprint density at radius 3 is 2.62 bits per heavy atom. The minimum Gasteiger partial charge on any atom is -0.324 e. The molecular weight excluding hydrogens is 325 g/mol. The van der Waals surface area contributed by atoms with E-state index in [0.717, 1.165) is 30.6 Å². The van der Waals surface area contributed by atoms with Gasteiger partial charge in [-0.15, -0.1) is 11.3 Å². The number of hydrogen-bond acceptors (Lipinski definition) is 2. The molecule has 2 aromatic rings. The van der Waals surface area contributed by atoms with E-state index in [2.05, 4.69) is 11.4 Å². The Balaban J connectivity index is 1.91. The molecule has 1 aromatic heterocycles. The number of benzene rings is 1. The highest BCUT2D eigenvalue weighted by molar-refractivity contribution is 7.10. The standard InChI is InChI=1S/C16H15Cl2NOS/c17-11-5-6-12(18)13(10-11)19-15(20)16(7-1-2-8-16)14-4-3-9-21-14/h3-6,9-10H,1-2,7-8H2,(H,19,20). The molecule has 21 heavy (non-hydrogen) atoms. The molecule has 110 valence electrons. The quantitative estimate of drug-likeness (QED) is 0.785. The summed E-state index contributed by atoms with van der Waals surface area (Å²) < 4.78 is 0. The molecule has 1 aliphatic rings. The summed E-state index contributed by atoms with van der Waals surface area (Å²) in [6, 6.07) is 9.16. The van der Waals surface area contributed by atoms with Gasteiger partial charge in [0, 0.05) is 9.90 Å². The first-order valence-electron chi connectivity index (χ1n) is 6.92. The molecule has 1 aromatic carbocycles. The van der Waals surface area contributed by atoms with E-state index in [9.17, 15) is 4.79 Å². The van der Waals surface area contributed by atoms with Gasteiger partial charge in [0.25, 0.3) is 0 Å². The Bertz CT molecular complexity index is 648. The van der Waals surface area contributed by atoms with Crippen molar-refractivity contribution in [3.8, 4) is 0 Å². The average molecular weight is 340 g/mol. The highest BCUT2D eigenvalue weighted by atomic mass is 35.5. The number of rotatable bonds is 3. The molecule has 5 heteroatoms. The van der Waals surface area contributed by atoms with Crippen LogP contribution in [-0.4, -0.2) is 5.91 Å². The molecule has 0 bridgehead atoms. The van der Waals surface area contributed by atoms with Gasteiger partial charge in [-0.05, 0) is 42.5 Å². The lowest BCUT2D eigenvalue weighted by Gasteiger charge is -2.26. The third-order valence-corrected chi connectivity index (χ3v) is 5.70. The Hall–Kier alpha value is -1.03. The average Bonchev–Trinajstić information content (AvgIpc) is 3.13. The maximum atomic E-state index is 12.9. The number of carbonyl (C=O) groups is 1. The third kappa shape index (κ3) is 2.83. The van der Waals surface area contributed by atoms with Crippen molar-refractivity contribution in [3.63, 3.8) is 0 Å². The van der Waals surface area contributed by atoms with Gasteiger partial charge in [0.15, 0.2) is 0 Å². The van der Waals surface area contributed by atoms with Crippen LogP contribution in [0.15, 0.2) is 35.7 Å². The molecule has 0 saturated heterocycles. The molecule has 2 nitrogen and oxygen atoms in total. The van der Waals surface area contributed by atoms with Gasteiger partial charge < -0.3 is 5.32 Å². The van der Waals surface area contributed by atoms with E-state index in [0.29, 0.717) is 15.7 Å². The lowest BCUT2D eigenvalue weighted by molar-refractivity contribution is -0.121. The molecule has 1 heterocycles. The van der Waals surface area contributed by atoms with Crippen LogP contribution in [0.1, 0.15) is 30.6 Å². The Labute approximate surface area is 138 Å². The molecule has 1 fully saturated rings. The van der Waals surface area contributed by atoms with Crippen LogP contribution in [0.5, 0.6) is 0 Å². The molecule has 0 spiro atoms. The van der Waals surface area contributed by atoms with Gasteiger partial charge in [0.2, 0.25) is 5.91 Å². The van der Waals surface area contributed by atoms with Gasteiger partial charge in [0.05, 0.1) is 16.1 Å². The van der Waals surface area contributed by atoms with Gasteiger partial charge in [-0.3, -0.25) is 4.79 Å². The number of hydrogen-bond donors (Lipinski definition) is 1. The van der Waals surface area contributed by atoms with Crippen molar-refractivity contribution in [2.45, 2.75) is 31.1 Å². The SMILES string of the molecule is O=C(Nc1cc(Cl)ccc1Cl)C1(c2cccs2)CCCC1. The first kappa shape index (κ1) is 14.9. The molecule has 0 aliphatic heterocycles.